The first kappa shape index (κ1) is 25.1. The number of phenols is 1. The van der Waals surface area contributed by atoms with Crippen molar-refractivity contribution in [2.45, 2.75) is 102 Å². The van der Waals surface area contributed by atoms with Gasteiger partial charge in [-0.3, -0.25) is 4.79 Å². The molecule has 0 saturated heterocycles. The Labute approximate surface area is 206 Å². The van der Waals surface area contributed by atoms with E-state index in [2.05, 4.69) is 31.8 Å². The molecule has 2 N–H and O–H groups in total. The zero-order valence-corrected chi connectivity index (χ0v) is 21.4. The fourth-order valence-electron chi connectivity index (χ4n) is 7.27. The summed E-state index contributed by atoms with van der Waals surface area (Å²) < 4.78 is 0. The second kappa shape index (κ2) is 10.3. The highest BCUT2D eigenvalue weighted by atomic mass is 16.3. The van der Waals surface area contributed by atoms with Crippen LogP contribution in [0, 0.1) is 29.1 Å². The predicted molar refractivity (Wildman–Crippen MR) is 136 cm³/mol. The average molecular weight is 466 g/mol. The minimum Gasteiger partial charge on any atom is -0.508 e. The van der Waals surface area contributed by atoms with Crippen LogP contribution in [0.5, 0.6) is 5.75 Å². The lowest BCUT2D eigenvalue weighted by Crippen LogP contribution is -2.50. The van der Waals surface area contributed by atoms with Crippen LogP contribution >= 0.6 is 0 Å². The maximum Gasteiger partial charge on any atom is 0.298 e. The number of unbranched alkanes of at least 4 members (excludes halogenated alkanes) is 5. The van der Waals surface area contributed by atoms with Crippen molar-refractivity contribution < 1.29 is 15.0 Å². The van der Waals surface area contributed by atoms with Gasteiger partial charge in [0.05, 0.1) is 0 Å². The molecule has 5 atom stereocenters. The normalized spacial score (nSPS) is 31.6. The van der Waals surface area contributed by atoms with Gasteiger partial charge in [0.1, 0.15) is 11.4 Å². The van der Waals surface area contributed by atoms with E-state index in [4.69, 9.17) is 0 Å². The van der Waals surface area contributed by atoms with Gasteiger partial charge in [0, 0.05) is 19.0 Å². The summed E-state index contributed by atoms with van der Waals surface area (Å²) in [6, 6.07) is 5.87. The number of aromatic hydroxyl groups is 1. The molecule has 186 valence electrons. The third-order valence-electron chi connectivity index (χ3n) is 9.43. The zero-order chi connectivity index (χ0) is 24.3. The molecule has 4 nitrogen and oxygen atoms in total. The Bertz CT molecular complexity index is 946. The summed E-state index contributed by atoms with van der Waals surface area (Å²) in [5.41, 5.74) is 1.32. The van der Waals surface area contributed by atoms with Gasteiger partial charge in [0.25, 0.3) is 5.91 Å². The first-order valence-corrected chi connectivity index (χ1v) is 13.6. The number of aliphatic hydroxyl groups is 1. The lowest BCUT2D eigenvalue weighted by Gasteiger charge is -2.52. The molecule has 0 spiro atoms. The fraction of sp³-hybridized carbons (Fsp3) is 0.700. The Kier molecular flexibility index (Phi) is 7.63. The number of hydrogen-bond acceptors (Lipinski definition) is 3. The number of fused-ring (bicyclic) bond motifs is 5. The van der Waals surface area contributed by atoms with E-state index in [0.29, 0.717) is 29.9 Å². The minimum atomic E-state index is -1.09. The van der Waals surface area contributed by atoms with Gasteiger partial charge < -0.3 is 15.1 Å². The molecular formula is C30H43NO3. The quantitative estimate of drug-likeness (QED) is 0.395. The Morgan fingerprint density at radius 3 is 2.68 bits per heavy atom. The molecule has 0 aromatic heterocycles. The number of rotatable bonds is 7. The van der Waals surface area contributed by atoms with Gasteiger partial charge in [0.2, 0.25) is 0 Å². The number of phenolic OH excluding ortho intramolecular Hbond substituents is 1. The van der Waals surface area contributed by atoms with Crippen molar-refractivity contribution in [3.05, 3.63) is 29.3 Å². The third kappa shape index (κ3) is 4.74. The van der Waals surface area contributed by atoms with E-state index in [1.54, 1.807) is 4.90 Å². The maximum atomic E-state index is 12.7. The summed E-state index contributed by atoms with van der Waals surface area (Å²) in [4.78, 5) is 14.4. The second-order valence-electron chi connectivity index (χ2n) is 11.4. The molecule has 1 aromatic carbocycles. The summed E-state index contributed by atoms with van der Waals surface area (Å²) in [6.07, 6.45) is 12.9. The summed E-state index contributed by atoms with van der Waals surface area (Å²) in [5.74, 6) is 7.58. The van der Waals surface area contributed by atoms with Crippen molar-refractivity contribution in [3.8, 4) is 17.6 Å². The lowest BCUT2D eigenvalue weighted by molar-refractivity contribution is -0.124. The molecule has 2 fully saturated rings. The number of amides is 1. The van der Waals surface area contributed by atoms with Crippen molar-refractivity contribution in [3.63, 3.8) is 0 Å². The van der Waals surface area contributed by atoms with Crippen LogP contribution in [0.25, 0.3) is 0 Å². The standard InChI is InChI=1S/C30H43NO3/c1-4-5-6-7-8-9-20-31(3)28(33)16-19-30(34)18-15-27-26-12-10-22-21-23(32)11-13-24(22)25(26)14-17-29(27,30)2/h11,13,21,25-27,32,34H,4-10,12,14-15,17-18,20H2,1-3H3/t25-,26-,27+,29+,30-/m1/s1. The monoisotopic (exact) mass is 465 g/mol. The van der Waals surface area contributed by atoms with E-state index in [0.717, 1.165) is 51.5 Å². The van der Waals surface area contributed by atoms with Crippen LogP contribution in [0.3, 0.4) is 0 Å². The highest BCUT2D eigenvalue weighted by Gasteiger charge is 2.61. The molecule has 4 rings (SSSR count). The number of carbonyl (C=O) groups excluding carboxylic acids is 1. The molecule has 0 heterocycles. The van der Waals surface area contributed by atoms with Crippen molar-refractivity contribution in [1.29, 1.82) is 0 Å². The summed E-state index contributed by atoms with van der Waals surface area (Å²) in [5, 5.41) is 21.6. The van der Waals surface area contributed by atoms with Crippen LogP contribution in [-0.2, 0) is 11.2 Å². The molecule has 1 amide bonds. The van der Waals surface area contributed by atoms with Crippen LogP contribution in [0.15, 0.2) is 18.2 Å². The minimum absolute atomic E-state index is 0.172. The van der Waals surface area contributed by atoms with Crippen molar-refractivity contribution in [2.75, 3.05) is 13.6 Å². The molecule has 0 unspecified atom stereocenters. The van der Waals surface area contributed by atoms with E-state index in [9.17, 15) is 15.0 Å². The largest absolute Gasteiger partial charge is 0.508 e. The Hall–Kier alpha value is -1.99. The van der Waals surface area contributed by atoms with Gasteiger partial charge in [-0.2, -0.15) is 0 Å². The van der Waals surface area contributed by atoms with Crippen molar-refractivity contribution in [2.24, 2.45) is 17.3 Å². The molecule has 0 aliphatic heterocycles. The van der Waals surface area contributed by atoms with Crippen LogP contribution in [0.4, 0.5) is 0 Å². The Morgan fingerprint density at radius 2 is 1.88 bits per heavy atom. The lowest BCUT2D eigenvalue weighted by atomic mass is 9.53. The molecule has 2 saturated carbocycles. The van der Waals surface area contributed by atoms with E-state index in [1.165, 1.54) is 36.8 Å². The first-order chi connectivity index (χ1) is 16.3. The first-order valence-electron chi connectivity index (χ1n) is 13.6. The predicted octanol–water partition coefficient (Wildman–Crippen LogP) is 5.80. The second-order valence-corrected chi connectivity index (χ2v) is 11.4. The van der Waals surface area contributed by atoms with Crippen molar-refractivity contribution >= 4 is 5.91 Å². The molecule has 3 aliphatic rings. The fourth-order valence-corrected chi connectivity index (χ4v) is 7.27. The van der Waals surface area contributed by atoms with Gasteiger partial charge in [-0.15, -0.1) is 0 Å². The molecule has 4 heteroatoms. The molecule has 1 aromatic rings. The SMILES string of the molecule is CCCCCCCCN(C)C(=O)C#C[C@]1(O)CC[C@H]2[C@@H]3CCc4cc(O)ccc4[C@H]3CC[C@@]21C. The Balaban J connectivity index is 1.40. The van der Waals surface area contributed by atoms with Crippen LogP contribution in [-0.4, -0.2) is 40.2 Å². The van der Waals surface area contributed by atoms with Crippen LogP contribution in [0.1, 0.15) is 102 Å². The van der Waals surface area contributed by atoms with E-state index < -0.39 is 5.60 Å². The smallest absolute Gasteiger partial charge is 0.298 e. The summed E-state index contributed by atoms with van der Waals surface area (Å²) >= 11 is 0. The van der Waals surface area contributed by atoms with Gasteiger partial charge >= 0.3 is 0 Å². The van der Waals surface area contributed by atoms with Gasteiger partial charge in [-0.05, 0) is 91.9 Å². The maximum absolute atomic E-state index is 12.7. The molecule has 3 aliphatic carbocycles. The van der Waals surface area contributed by atoms with E-state index in [1.807, 2.05) is 19.2 Å². The summed E-state index contributed by atoms with van der Waals surface area (Å²) in [6.45, 7) is 5.17. The number of aryl methyl sites for hydroxylation is 1. The van der Waals surface area contributed by atoms with Gasteiger partial charge in [-0.25, -0.2) is 0 Å². The van der Waals surface area contributed by atoms with Crippen LogP contribution < -0.4 is 0 Å². The van der Waals surface area contributed by atoms with E-state index in [-0.39, 0.29) is 11.3 Å². The number of carbonyl (C=O) groups is 1. The molecule has 0 bridgehead atoms. The highest BCUT2D eigenvalue weighted by Crippen LogP contribution is 2.64. The highest BCUT2D eigenvalue weighted by molar-refractivity contribution is 5.93. The molecular weight excluding hydrogens is 422 g/mol. The number of nitrogens with zero attached hydrogens (tertiary/aromatic N) is 1. The average Bonchev–Trinajstić information content (AvgIpc) is 3.10. The summed E-state index contributed by atoms with van der Waals surface area (Å²) in [7, 11) is 1.83. The van der Waals surface area contributed by atoms with Gasteiger partial charge in [0.15, 0.2) is 0 Å². The van der Waals surface area contributed by atoms with Gasteiger partial charge in [-0.1, -0.05) is 57.9 Å². The molecule has 0 radical (unpaired) electrons. The Morgan fingerprint density at radius 1 is 1.12 bits per heavy atom. The van der Waals surface area contributed by atoms with E-state index >= 15 is 0 Å². The zero-order valence-electron chi connectivity index (χ0n) is 21.4. The molecule has 34 heavy (non-hydrogen) atoms. The number of hydrogen-bond donors (Lipinski definition) is 2. The number of benzene rings is 1. The van der Waals surface area contributed by atoms with Crippen molar-refractivity contribution in [1.82, 2.24) is 4.90 Å². The third-order valence-corrected chi connectivity index (χ3v) is 9.43. The topological polar surface area (TPSA) is 60.8 Å². The van der Waals surface area contributed by atoms with Crippen LogP contribution in [0.2, 0.25) is 0 Å².